The molecule has 0 unspecified atom stereocenters. The molecule has 6 heteroatoms. The second-order valence-corrected chi connectivity index (χ2v) is 7.61. The molecule has 1 fully saturated rings. The number of thioether (sulfide) groups is 1. The molecule has 1 saturated heterocycles. The van der Waals surface area contributed by atoms with Gasteiger partial charge in [0.05, 0.1) is 13.7 Å². The molecule has 0 bridgehead atoms. The maximum absolute atomic E-state index is 12.6. The number of carbonyl (C=O) groups excluding carboxylic acids is 2. The number of rotatable bonds is 4. The predicted molar refractivity (Wildman–Crippen MR) is 100 cm³/mol. The van der Waals surface area contributed by atoms with Gasteiger partial charge in [-0.15, -0.1) is 11.8 Å². The first kappa shape index (κ1) is 18.0. The van der Waals surface area contributed by atoms with E-state index in [9.17, 15) is 9.59 Å². The molecule has 1 aromatic rings. The molecule has 1 atom stereocenters. The van der Waals surface area contributed by atoms with Crippen LogP contribution in [0.15, 0.2) is 36.4 Å². The van der Waals surface area contributed by atoms with Crippen LogP contribution in [0, 0.1) is 0 Å². The molecule has 1 aromatic carbocycles. The Hall–Kier alpha value is -1.79. The van der Waals surface area contributed by atoms with Crippen molar-refractivity contribution in [3.63, 3.8) is 0 Å². The molecule has 1 amide bonds. The van der Waals surface area contributed by atoms with E-state index in [4.69, 9.17) is 4.74 Å². The van der Waals surface area contributed by atoms with E-state index < -0.39 is 0 Å². The molecule has 3 rings (SSSR count). The first-order valence-electron chi connectivity index (χ1n) is 8.61. The molecular formula is C19H24N2O3S. The Labute approximate surface area is 153 Å². The molecule has 0 saturated carbocycles. The topological polar surface area (TPSA) is 49.9 Å². The summed E-state index contributed by atoms with van der Waals surface area (Å²) in [7, 11) is 1.40. The normalized spacial score (nSPS) is 21.6. The van der Waals surface area contributed by atoms with Crippen molar-refractivity contribution in [3.05, 3.63) is 42.0 Å². The van der Waals surface area contributed by atoms with E-state index in [0.29, 0.717) is 19.6 Å². The quantitative estimate of drug-likeness (QED) is 0.768. The maximum Gasteiger partial charge on any atom is 0.320 e. The number of hydrogen-bond acceptors (Lipinski definition) is 5. The highest BCUT2D eigenvalue weighted by Crippen LogP contribution is 2.23. The zero-order valence-corrected chi connectivity index (χ0v) is 15.3. The molecule has 2 aliphatic rings. The number of amides is 1. The minimum Gasteiger partial charge on any atom is -0.468 e. The maximum atomic E-state index is 12.6. The van der Waals surface area contributed by atoms with Crippen LogP contribution in [-0.4, -0.2) is 72.5 Å². The van der Waals surface area contributed by atoms with Crippen molar-refractivity contribution >= 4 is 29.2 Å². The number of ether oxygens (including phenoxy) is 1. The van der Waals surface area contributed by atoms with Crippen LogP contribution in [0.4, 0.5) is 0 Å². The van der Waals surface area contributed by atoms with Crippen LogP contribution in [0.5, 0.6) is 0 Å². The van der Waals surface area contributed by atoms with Crippen LogP contribution in [0.2, 0.25) is 0 Å². The van der Waals surface area contributed by atoms with Crippen molar-refractivity contribution in [1.82, 2.24) is 9.80 Å². The summed E-state index contributed by atoms with van der Waals surface area (Å²) < 4.78 is 4.81. The number of carbonyl (C=O) groups is 2. The van der Waals surface area contributed by atoms with Crippen molar-refractivity contribution < 1.29 is 14.3 Å². The molecule has 0 N–H and O–H groups in total. The minimum atomic E-state index is -0.256. The summed E-state index contributed by atoms with van der Waals surface area (Å²) in [6, 6.07) is 10.4. The summed E-state index contributed by atoms with van der Waals surface area (Å²) >= 11 is 1.57. The van der Waals surface area contributed by atoms with Crippen LogP contribution >= 0.6 is 11.8 Å². The Morgan fingerprint density at radius 3 is 2.72 bits per heavy atom. The van der Waals surface area contributed by atoms with Gasteiger partial charge in [-0.05, 0) is 17.6 Å². The summed E-state index contributed by atoms with van der Waals surface area (Å²) in [6.45, 7) is 3.25. The molecule has 25 heavy (non-hydrogen) atoms. The van der Waals surface area contributed by atoms with Crippen molar-refractivity contribution in [1.29, 1.82) is 0 Å². The Bertz CT molecular complexity index is 647. The highest BCUT2D eigenvalue weighted by atomic mass is 32.2. The summed E-state index contributed by atoms with van der Waals surface area (Å²) in [6.07, 6.45) is 3.17. The molecule has 0 spiro atoms. The lowest BCUT2D eigenvalue weighted by Crippen LogP contribution is -2.48. The fourth-order valence-electron chi connectivity index (χ4n) is 3.21. The molecule has 0 aromatic heterocycles. The minimum absolute atomic E-state index is 0.103. The molecule has 0 aliphatic carbocycles. The van der Waals surface area contributed by atoms with E-state index >= 15 is 0 Å². The van der Waals surface area contributed by atoms with Crippen molar-refractivity contribution in [2.75, 3.05) is 45.6 Å². The second kappa shape index (κ2) is 8.54. The van der Waals surface area contributed by atoms with Gasteiger partial charge in [-0.3, -0.25) is 14.5 Å². The van der Waals surface area contributed by atoms with Crippen LogP contribution in [-0.2, 0) is 14.3 Å². The largest absolute Gasteiger partial charge is 0.468 e. The zero-order valence-electron chi connectivity index (χ0n) is 14.5. The van der Waals surface area contributed by atoms with Crippen molar-refractivity contribution in [3.8, 4) is 0 Å². The molecule has 5 nitrogen and oxygen atoms in total. The van der Waals surface area contributed by atoms with E-state index in [-0.39, 0.29) is 17.1 Å². The smallest absolute Gasteiger partial charge is 0.320 e. The first-order chi connectivity index (χ1) is 12.2. The Morgan fingerprint density at radius 2 is 2.04 bits per heavy atom. The number of benzene rings is 1. The van der Waals surface area contributed by atoms with Crippen molar-refractivity contribution in [2.45, 2.75) is 11.7 Å². The summed E-state index contributed by atoms with van der Waals surface area (Å²) in [5.41, 5.74) is 2.62. The van der Waals surface area contributed by atoms with Crippen LogP contribution in [0.3, 0.4) is 0 Å². The second-order valence-electron chi connectivity index (χ2n) is 6.30. The Kier molecular flexibility index (Phi) is 6.15. The highest BCUT2D eigenvalue weighted by molar-refractivity contribution is 8.00. The number of nitrogens with zero attached hydrogens (tertiary/aromatic N) is 2. The van der Waals surface area contributed by atoms with Gasteiger partial charge in [0.15, 0.2) is 0 Å². The lowest BCUT2D eigenvalue weighted by atomic mass is 9.99. The Morgan fingerprint density at radius 1 is 1.24 bits per heavy atom. The number of esters is 1. The molecule has 2 heterocycles. The molecule has 2 aliphatic heterocycles. The van der Waals surface area contributed by atoms with Gasteiger partial charge in [-0.25, -0.2) is 0 Å². The van der Waals surface area contributed by atoms with Gasteiger partial charge in [0, 0.05) is 31.9 Å². The number of methoxy groups -OCH3 is 1. The fourth-order valence-corrected chi connectivity index (χ4v) is 4.34. The van der Waals surface area contributed by atoms with Gasteiger partial charge in [0.1, 0.15) is 5.25 Å². The van der Waals surface area contributed by atoms with Gasteiger partial charge in [0.2, 0.25) is 5.91 Å². The molecular weight excluding hydrogens is 336 g/mol. The Balaban J connectivity index is 1.52. The van der Waals surface area contributed by atoms with Gasteiger partial charge < -0.3 is 9.64 Å². The van der Waals surface area contributed by atoms with E-state index in [1.54, 1.807) is 16.7 Å². The van der Waals surface area contributed by atoms with Gasteiger partial charge in [-0.1, -0.05) is 36.4 Å². The van der Waals surface area contributed by atoms with Gasteiger partial charge >= 0.3 is 5.97 Å². The van der Waals surface area contributed by atoms with E-state index in [0.717, 1.165) is 25.3 Å². The van der Waals surface area contributed by atoms with E-state index in [2.05, 4.69) is 35.2 Å². The first-order valence-corrected chi connectivity index (χ1v) is 9.66. The molecule has 0 radical (unpaired) electrons. The number of hydrogen-bond donors (Lipinski definition) is 0. The average molecular weight is 360 g/mol. The van der Waals surface area contributed by atoms with Gasteiger partial charge in [0.25, 0.3) is 0 Å². The lowest BCUT2D eigenvalue weighted by molar-refractivity contribution is -0.141. The third-order valence-electron chi connectivity index (χ3n) is 4.68. The molecule has 134 valence electrons. The van der Waals surface area contributed by atoms with E-state index in [1.807, 2.05) is 6.07 Å². The summed E-state index contributed by atoms with van der Waals surface area (Å²) in [4.78, 5) is 28.2. The fraction of sp³-hybridized carbons (Fsp3) is 0.474. The third kappa shape index (κ3) is 4.64. The summed E-state index contributed by atoms with van der Waals surface area (Å²) in [5, 5.41) is -0.256. The van der Waals surface area contributed by atoms with E-state index in [1.165, 1.54) is 18.2 Å². The third-order valence-corrected chi connectivity index (χ3v) is 5.84. The SMILES string of the molecule is COC(=O)[C@@H]1CN(C(=O)CN2CC=C(c3ccccc3)CC2)CCS1. The van der Waals surface area contributed by atoms with Crippen molar-refractivity contribution in [2.24, 2.45) is 0 Å². The average Bonchev–Trinajstić information content (AvgIpc) is 2.68. The van der Waals surface area contributed by atoms with Crippen LogP contribution in [0.25, 0.3) is 5.57 Å². The standard InChI is InChI=1S/C19H24N2O3S/c1-24-19(23)17-13-21(11-12-25-17)18(22)14-20-9-7-16(8-10-20)15-5-3-2-4-6-15/h2-7,17H,8-14H2,1H3/t17-/m0/s1. The monoisotopic (exact) mass is 360 g/mol. The van der Waals surface area contributed by atoms with Crippen LogP contribution < -0.4 is 0 Å². The summed E-state index contributed by atoms with van der Waals surface area (Å²) in [5.74, 6) is 0.644. The van der Waals surface area contributed by atoms with Crippen LogP contribution in [0.1, 0.15) is 12.0 Å². The predicted octanol–water partition coefficient (Wildman–Crippen LogP) is 1.89. The van der Waals surface area contributed by atoms with Gasteiger partial charge in [-0.2, -0.15) is 0 Å². The highest BCUT2D eigenvalue weighted by Gasteiger charge is 2.30. The lowest BCUT2D eigenvalue weighted by Gasteiger charge is -2.33. The zero-order chi connectivity index (χ0) is 17.6.